The van der Waals surface area contributed by atoms with Gasteiger partial charge in [-0.1, -0.05) is 38.5 Å². The molecule has 3 amide bonds. The predicted molar refractivity (Wildman–Crippen MR) is 146 cm³/mol. The van der Waals surface area contributed by atoms with Crippen LogP contribution in [0.15, 0.2) is 12.1 Å². The second-order valence-corrected chi connectivity index (χ2v) is 12.0. The maximum atomic E-state index is 14.2. The number of rotatable bonds is 12. The van der Waals surface area contributed by atoms with E-state index in [-0.39, 0.29) is 24.9 Å². The van der Waals surface area contributed by atoms with Gasteiger partial charge in [0.2, 0.25) is 18.2 Å². The minimum absolute atomic E-state index is 0.0117. The van der Waals surface area contributed by atoms with E-state index in [9.17, 15) is 41.8 Å². The Labute approximate surface area is 247 Å². The number of benzene rings is 1. The first kappa shape index (κ1) is 32.7. The number of carboxylic acids is 1. The zero-order chi connectivity index (χ0) is 31.3. The number of alkyl halides is 2. The highest BCUT2D eigenvalue weighted by molar-refractivity contribution is 5.93. The Morgan fingerprint density at radius 3 is 2.14 bits per heavy atom. The van der Waals surface area contributed by atoms with Crippen molar-refractivity contribution in [3.05, 3.63) is 34.9 Å². The second kappa shape index (κ2) is 14.5. The number of amides is 3. The molecule has 2 aliphatic carbocycles. The molecule has 238 valence electrons. The Bertz CT molecular complexity index is 1170. The third-order valence-corrected chi connectivity index (χ3v) is 9.19. The van der Waals surface area contributed by atoms with Gasteiger partial charge in [0.15, 0.2) is 0 Å². The molecule has 0 aromatic heterocycles. The van der Waals surface area contributed by atoms with Crippen molar-refractivity contribution >= 4 is 23.7 Å². The van der Waals surface area contributed by atoms with Crippen LogP contribution in [0.1, 0.15) is 80.1 Å². The van der Waals surface area contributed by atoms with Crippen molar-refractivity contribution in [3.63, 3.8) is 0 Å². The lowest BCUT2D eigenvalue weighted by Gasteiger charge is -2.29. The van der Waals surface area contributed by atoms with Gasteiger partial charge in [-0.15, -0.1) is 0 Å². The molecule has 1 aromatic carbocycles. The molecule has 3 fully saturated rings. The highest BCUT2D eigenvalue weighted by atomic mass is 19.3. The Morgan fingerprint density at radius 2 is 1.56 bits per heavy atom. The number of likely N-dealkylation sites (tertiary alicyclic amines) is 1. The van der Waals surface area contributed by atoms with Crippen molar-refractivity contribution in [2.75, 3.05) is 13.1 Å². The van der Waals surface area contributed by atoms with Gasteiger partial charge < -0.3 is 25.7 Å². The van der Waals surface area contributed by atoms with Gasteiger partial charge in [0.05, 0.1) is 5.56 Å². The van der Waals surface area contributed by atoms with E-state index in [0.29, 0.717) is 37.3 Å². The van der Waals surface area contributed by atoms with Crippen LogP contribution in [-0.2, 0) is 20.8 Å². The van der Waals surface area contributed by atoms with Gasteiger partial charge in [0, 0.05) is 25.1 Å². The van der Waals surface area contributed by atoms with Gasteiger partial charge >= 0.3 is 5.97 Å². The molecule has 4 N–H and O–H groups in total. The van der Waals surface area contributed by atoms with Crippen LogP contribution in [0.5, 0.6) is 0 Å². The quantitative estimate of drug-likeness (QED) is 0.267. The minimum atomic E-state index is -2.97. The Kier molecular flexibility index (Phi) is 11.0. The summed E-state index contributed by atoms with van der Waals surface area (Å²) in [5.41, 5.74) is -1.08. The fraction of sp³-hybridized carbons (Fsp3) is 0.667. The van der Waals surface area contributed by atoms with Gasteiger partial charge in [0.1, 0.15) is 29.8 Å². The van der Waals surface area contributed by atoms with Crippen LogP contribution in [0, 0.1) is 29.4 Å². The third-order valence-electron chi connectivity index (χ3n) is 9.19. The molecule has 1 aromatic rings. The number of aliphatic hydroxyl groups excluding tert-OH is 1. The molecule has 4 rings (SSSR count). The van der Waals surface area contributed by atoms with E-state index in [2.05, 4.69) is 10.6 Å². The number of carboxylic acid groups (broad SMARTS) is 1. The molecular weight excluding hydrogens is 574 g/mol. The van der Waals surface area contributed by atoms with Gasteiger partial charge in [0.25, 0.3) is 5.91 Å². The summed E-state index contributed by atoms with van der Waals surface area (Å²) in [7, 11) is 0. The van der Waals surface area contributed by atoms with Crippen molar-refractivity contribution in [1.29, 1.82) is 0 Å². The molecule has 0 spiro atoms. The van der Waals surface area contributed by atoms with Crippen molar-refractivity contribution in [1.82, 2.24) is 15.5 Å². The smallest absolute Gasteiger partial charge is 0.335 e. The van der Waals surface area contributed by atoms with Gasteiger partial charge in [-0.3, -0.25) is 14.4 Å². The van der Waals surface area contributed by atoms with Crippen molar-refractivity contribution in [2.45, 2.75) is 95.2 Å². The number of carbonyl (C=O) groups is 4. The number of nitrogens with one attached hydrogen (secondary N) is 2. The normalized spacial score (nSPS) is 22.6. The molecule has 43 heavy (non-hydrogen) atoms. The first-order valence-electron chi connectivity index (χ1n) is 15.0. The first-order chi connectivity index (χ1) is 20.5. The lowest BCUT2D eigenvalue weighted by atomic mass is 9.89. The third kappa shape index (κ3) is 8.04. The Morgan fingerprint density at radius 1 is 0.953 bits per heavy atom. The summed E-state index contributed by atoms with van der Waals surface area (Å²) < 4.78 is 55.4. The monoisotopic (exact) mass is 613 g/mol. The van der Waals surface area contributed by atoms with Crippen molar-refractivity contribution in [3.8, 4) is 0 Å². The summed E-state index contributed by atoms with van der Waals surface area (Å²) in [6, 6.07) is -1.43. The molecule has 4 unspecified atom stereocenters. The lowest BCUT2D eigenvalue weighted by Crippen LogP contribution is -2.55. The van der Waals surface area contributed by atoms with Crippen LogP contribution >= 0.6 is 0 Å². The molecule has 4 atom stereocenters. The molecule has 2 saturated carbocycles. The highest BCUT2D eigenvalue weighted by Gasteiger charge is 2.46. The van der Waals surface area contributed by atoms with E-state index in [4.69, 9.17) is 5.11 Å². The van der Waals surface area contributed by atoms with Crippen LogP contribution in [0.3, 0.4) is 0 Å². The number of aliphatic hydroxyl groups is 1. The highest BCUT2D eigenvalue weighted by Crippen LogP contribution is 2.39. The van der Waals surface area contributed by atoms with Crippen LogP contribution in [-0.4, -0.2) is 76.5 Å². The van der Waals surface area contributed by atoms with E-state index in [0.717, 1.165) is 38.5 Å². The Hall–Kier alpha value is -3.22. The summed E-state index contributed by atoms with van der Waals surface area (Å²) in [6.45, 7) is -0.102. The fourth-order valence-corrected chi connectivity index (χ4v) is 6.85. The maximum Gasteiger partial charge on any atom is 0.335 e. The molecule has 1 aliphatic heterocycles. The van der Waals surface area contributed by atoms with Crippen molar-refractivity contribution < 1.29 is 47.0 Å². The Balaban J connectivity index is 1.43. The van der Waals surface area contributed by atoms with Crippen LogP contribution in [0.25, 0.3) is 0 Å². The maximum absolute atomic E-state index is 14.2. The molecule has 9 nitrogen and oxygen atoms in total. The topological polar surface area (TPSA) is 136 Å². The zero-order valence-corrected chi connectivity index (χ0v) is 23.9. The van der Waals surface area contributed by atoms with Crippen LogP contribution in [0.4, 0.5) is 17.6 Å². The number of hydrogen-bond donors (Lipinski definition) is 4. The summed E-state index contributed by atoms with van der Waals surface area (Å²) in [6.07, 6.45) is 1.89. The van der Waals surface area contributed by atoms with E-state index >= 15 is 0 Å². The molecule has 0 radical (unpaired) electrons. The summed E-state index contributed by atoms with van der Waals surface area (Å²) >= 11 is 0. The second-order valence-electron chi connectivity index (χ2n) is 12.0. The van der Waals surface area contributed by atoms with E-state index < -0.39 is 83.9 Å². The number of carbonyl (C=O) groups excluding carboxylic acids is 3. The number of hydrogen-bond acceptors (Lipinski definition) is 5. The summed E-state index contributed by atoms with van der Waals surface area (Å²) in [4.78, 5) is 52.1. The summed E-state index contributed by atoms with van der Waals surface area (Å²) in [5.74, 6) is -5.98. The molecule has 3 aliphatic rings. The van der Waals surface area contributed by atoms with E-state index in [1.165, 1.54) is 4.90 Å². The van der Waals surface area contributed by atoms with Crippen LogP contribution in [0.2, 0.25) is 0 Å². The molecule has 1 heterocycles. The number of nitrogens with zero attached hydrogens (tertiary/aromatic N) is 1. The standard InChI is InChI=1S/C30H39F4N3O6/c31-21-11-18(30(42)43)12-22(32)20(21)9-10-35-27(39)23(14-25(33)34)36-28(40)24-13-19(16-5-1-2-6-16)15-37(24)29(41)26(38)17-7-3-4-8-17/h11-12,16-17,19,23-26,38H,1-10,13-15H2,(H,35,39)(H,36,40)(H,42,43). The average Bonchev–Trinajstić information content (AvgIpc) is 3.74. The number of halogens is 4. The number of aromatic carboxylic acids is 1. The predicted octanol–water partition coefficient (Wildman–Crippen LogP) is 3.42. The van der Waals surface area contributed by atoms with Crippen LogP contribution < -0.4 is 10.6 Å². The lowest BCUT2D eigenvalue weighted by molar-refractivity contribution is -0.148. The van der Waals surface area contributed by atoms with Gasteiger partial charge in [-0.25, -0.2) is 22.4 Å². The first-order valence-corrected chi connectivity index (χ1v) is 15.0. The van der Waals surface area contributed by atoms with E-state index in [1.54, 1.807) is 0 Å². The van der Waals surface area contributed by atoms with Crippen molar-refractivity contribution in [2.24, 2.45) is 17.8 Å². The fourth-order valence-electron chi connectivity index (χ4n) is 6.85. The molecular formula is C30H39F4N3O6. The zero-order valence-electron chi connectivity index (χ0n) is 23.9. The summed E-state index contributed by atoms with van der Waals surface area (Å²) in [5, 5.41) is 24.4. The van der Waals surface area contributed by atoms with Gasteiger partial charge in [-0.2, -0.15) is 0 Å². The van der Waals surface area contributed by atoms with Gasteiger partial charge in [-0.05, 0) is 55.6 Å². The average molecular weight is 614 g/mol. The molecule has 0 bridgehead atoms. The largest absolute Gasteiger partial charge is 0.478 e. The molecule has 13 heteroatoms. The SMILES string of the molecule is O=C(O)c1cc(F)c(CCNC(=O)C(CC(F)F)NC(=O)C2CC(C3CCCC3)CN2C(=O)C(O)C2CCCC2)c(F)c1. The van der Waals surface area contributed by atoms with E-state index in [1.807, 2.05) is 0 Å². The molecule has 1 saturated heterocycles. The minimum Gasteiger partial charge on any atom is -0.478 e.